The molecule has 0 bridgehead atoms. The first kappa shape index (κ1) is 17.1. The van der Waals surface area contributed by atoms with E-state index in [1.165, 1.54) is 43.5 Å². The molecular formula is C15H12F2N2O5. The molecule has 126 valence electrons. The first-order valence-electron chi connectivity index (χ1n) is 6.60. The van der Waals surface area contributed by atoms with E-state index in [0.29, 0.717) is 0 Å². The third-order valence-corrected chi connectivity index (χ3v) is 2.99. The summed E-state index contributed by atoms with van der Waals surface area (Å²) in [6.07, 6.45) is 0. The number of nitrogens with one attached hydrogen (secondary N) is 1. The van der Waals surface area contributed by atoms with Crippen molar-refractivity contribution in [1.82, 2.24) is 0 Å². The lowest BCUT2D eigenvalue weighted by Crippen LogP contribution is -2.13. The van der Waals surface area contributed by atoms with Crippen molar-refractivity contribution in [3.8, 4) is 11.5 Å². The van der Waals surface area contributed by atoms with Gasteiger partial charge in [-0.1, -0.05) is 12.1 Å². The van der Waals surface area contributed by atoms with Crippen molar-refractivity contribution in [2.24, 2.45) is 0 Å². The Labute approximate surface area is 135 Å². The molecule has 0 radical (unpaired) electrons. The highest BCUT2D eigenvalue weighted by atomic mass is 19.3. The molecule has 2 rings (SSSR count). The number of rotatable bonds is 6. The first-order valence-corrected chi connectivity index (χ1v) is 6.60. The number of hydrogen-bond acceptors (Lipinski definition) is 5. The van der Waals surface area contributed by atoms with Crippen molar-refractivity contribution in [2.45, 2.75) is 6.61 Å². The Bertz CT molecular complexity index is 767. The molecule has 0 atom stereocenters. The van der Waals surface area contributed by atoms with Gasteiger partial charge in [0.15, 0.2) is 11.5 Å². The zero-order valence-corrected chi connectivity index (χ0v) is 12.4. The topological polar surface area (TPSA) is 90.7 Å². The molecule has 0 saturated heterocycles. The lowest BCUT2D eigenvalue weighted by Gasteiger charge is -2.11. The van der Waals surface area contributed by atoms with E-state index in [1.54, 1.807) is 0 Å². The van der Waals surface area contributed by atoms with Crippen LogP contribution in [-0.4, -0.2) is 24.6 Å². The van der Waals surface area contributed by atoms with Crippen LogP contribution in [0.25, 0.3) is 0 Å². The average molecular weight is 338 g/mol. The summed E-state index contributed by atoms with van der Waals surface area (Å²) in [6, 6.07) is 9.21. The normalized spacial score (nSPS) is 10.3. The van der Waals surface area contributed by atoms with Crippen LogP contribution in [0.15, 0.2) is 42.5 Å². The molecule has 7 nitrogen and oxygen atoms in total. The van der Waals surface area contributed by atoms with Crippen molar-refractivity contribution in [3.63, 3.8) is 0 Å². The second kappa shape index (κ2) is 7.36. The third kappa shape index (κ3) is 3.94. The molecule has 0 saturated carbocycles. The third-order valence-electron chi connectivity index (χ3n) is 2.99. The molecule has 1 N–H and O–H groups in total. The van der Waals surface area contributed by atoms with Gasteiger partial charge < -0.3 is 14.8 Å². The average Bonchev–Trinajstić information content (AvgIpc) is 2.54. The SMILES string of the molecule is COc1cc(C(=O)Nc2ccccc2[N+](=O)[O-])ccc1OC(F)F. The Balaban J connectivity index is 2.26. The summed E-state index contributed by atoms with van der Waals surface area (Å²) in [5.74, 6) is -0.952. The number of para-hydroxylation sites is 2. The summed E-state index contributed by atoms with van der Waals surface area (Å²) < 4.78 is 33.7. The van der Waals surface area contributed by atoms with E-state index >= 15 is 0 Å². The summed E-state index contributed by atoms with van der Waals surface area (Å²) >= 11 is 0. The van der Waals surface area contributed by atoms with E-state index in [9.17, 15) is 23.7 Å². The minimum Gasteiger partial charge on any atom is -0.493 e. The van der Waals surface area contributed by atoms with Crippen LogP contribution in [0.4, 0.5) is 20.2 Å². The fraction of sp³-hybridized carbons (Fsp3) is 0.133. The van der Waals surface area contributed by atoms with Gasteiger partial charge in [0.1, 0.15) is 5.69 Å². The first-order chi connectivity index (χ1) is 11.4. The van der Waals surface area contributed by atoms with Gasteiger partial charge in [-0.25, -0.2) is 0 Å². The molecule has 0 unspecified atom stereocenters. The number of carbonyl (C=O) groups excluding carboxylic acids is 1. The van der Waals surface area contributed by atoms with Crippen molar-refractivity contribution in [1.29, 1.82) is 0 Å². The smallest absolute Gasteiger partial charge is 0.387 e. The van der Waals surface area contributed by atoms with Crippen molar-refractivity contribution >= 4 is 17.3 Å². The van der Waals surface area contributed by atoms with Crippen LogP contribution in [0.1, 0.15) is 10.4 Å². The zero-order valence-electron chi connectivity index (χ0n) is 12.4. The molecule has 24 heavy (non-hydrogen) atoms. The maximum absolute atomic E-state index is 12.3. The maximum Gasteiger partial charge on any atom is 0.387 e. The zero-order chi connectivity index (χ0) is 17.7. The quantitative estimate of drug-likeness (QED) is 0.643. The van der Waals surface area contributed by atoms with E-state index in [0.717, 1.165) is 6.07 Å². The van der Waals surface area contributed by atoms with Crippen LogP contribution in [0.2, 0.25) is 0 Å². The lowest BCUT2D eigenvalue weighted by molar-refractivity contribution is -0.383. The van der Waals surface area contributed by atoms with E-state index in [2.05, 4.69) is 10.1 Å². The van der Waals surface area contributed by atoms with Gasteiger partial charge in [-0.05, 0) is 24.3 Å². The number of halogens is 2. The minimum atomic E-state index is -3.04. The Morgan fingerprint density at radius 1 is 1.21 bits per heavy atom. The van der Waals surface area contributed by atoms with Crippen molar-refractivity contribution < 1.29 is 28.0 Å². The van der Waals surface area contributed by atoms with Crippen molar-refractivity contribution in [2.75, 3.05) is 12.4 Å². The Hall–Kier alpha value is -3.23. The van der Waals surface area contributed by atoms with Crippen LogP contribution < -0.4 is 14.8 Å². The van der Waals surface area contributed by atoms with Gasteiger partial charge in [-0.15, -0.1) is 0 Å². The lowest BCUT2D eigenvalue weighted by atomic mass is 10.1. The van der Waals surface area contributed by atoms with Gasteiger partial charge in [-0.2, -0.15) is 8.78 Å². The highest BCUT2D eigenvalue weighted by Gasteiger charge is 2.18. The fourth-order valence-corrected chi connectivity index (χ4v) is 1.94. The molecule has 1 amide bonds. The number of nitro groups is 1. The van der Waals surface area contributed by atoms with E-state index in [4.69, 9.17) is 4.74 Å². The molecule has 2 aromatic rings. The Kier molecular flexibility index (Phi) is 5.25. The van der Waals surface area contributed by atoms with E-state index in [-0.39, 0.29) is 28.4 Å². The van der Waals surface area contributed by atoms with Gasteiger partial charge in [-0.3, -0.25) is 14.9 Å². The van der Waals surface area contributed by atoms with Crippen LogP contribution in [0, 0.1) is 10.1 Å². The molecule has 0 aromatic heterocycles. The molecule has 0 aliphatic heterocycles. The summed E-state index contributed by atoms with van der Waals surface area (Å²) in [7, 11) is 1.23. The second-order valence-electron chi connectivity index (χ2n) is 4.47. The minimum absolute atomic E-state index is 0.0133. The van der Waals surface area contributed by atoms with Crippen molar-refractivity contribution in [3.05, 3.63) is 58.1 Å². The van der Waals surface area contributed by atoms with Crippen LogP contribution in [-0.2, 0) is 0 Å². The Morgan fingerprint density at radius 2 is 1.92 bits per heavy atom. The number of alkyl halides is 2. The number of benzene rings is 2. The molecule has 0 spiro atoms. The molecule has 0 heterocycles. The second-order valence-corrected chi connectivity index (χ2v) is 4.47. The number of nitrogens with zero attached hydrogens (tertiary/aromatic N) is 1. The van der Waals surface area contributed by atoms with Crippen LogP contribution >= 0.6 is 0 Å². The monoisotopic (exact) mass is 338 g/mol. The van der Waals surface area contributed by atoms with Crippen LogP contribution in [0.3, 0.4) is 0 Å². The molecule has 2 aromatic carbocycles. The maximum atomic E-state index is 12.3. The van der Waals surface area contributed by atoms with E-state index in [1.807, 2.05) is 0 Å². The number of ether oxygens (including phenoxy) is 2. The number of carbonyl (C=O) groups is 1. The summed E-state index contributed by atoms with van der Waals surface area (Å²) in [5, 5.41) is 13.3. The van der Waals surface area contributed by atoms with E-state index < -0.39 is 17.4 Å². The van der Waals surface area contributed by atoms with Crippen LogP contribution in [0.5, 0.6) is 11.5 Å². The molecule has 0 fully saturated rings. The molecule has 0 aliphatic carbocycles. The Morgan fingerprint density at radius 3 is 2.54 bits per heavy atom. The summed E-state index contributed by atoms with van der Waals surface area (Å²) in [6.45, 7) is -3.04. The molecule has 9 heteroatoms. The highest BCUT2D eigenvalue weighted by Crippen LogP contribution is 2.30. The number of amides is 1. The number of hydrogen-bond donors (Lipinski definition) is 1. The van der Waals surface area contributed by atoms with Gasteiger partial charge in [0.25, 0.3) is 11.6 Å². The number of anilines is 1. The molecular weight excluding hydrogens is 326 g/mol. The summed E-state index contributed by atoms with van der Waals surface area (Å²) in [4.78, 5) is 22.5. The predicted octanol–water partition coefficient (Wildman–Crippen LogP) is 3.46. The highest BCUT2D eigenvalue weighted by molar-refractivity contribution is 6.05. The fourth-order valence-electron chi connectivity index (χ4n) is 1.94. The van der Waals surface area contributed by atoms with Gasteiger partial charge in [0.2, 0.25) is 0 Å². The number of nitro benzene ring substituents is 1. The molecule has 0 aliphatic rings. The number of methoxy groups -OCH3 is 1. The van der Waals surface area contributed by atoms with Gasteiger partial charge in [0.05, 0.1) is 12.0 Å². The standard InChI is InChI=1S/C15H12F2N2O5/c1-23-13-8-9(6-7-12(13)24-15(16)17)14(20)18-10-4-2-3-5-11(10)19(21)22/h2-8,15H,1H3,(H,18,20). The predicted molar refractivity (Wildman–Crippen MR) is 80.7 cm³/mol. The summed E-state index contributed by atoms with van der Waals surface area (Å²) in [5.41, 5.74) is -0.193. The largest absolute Gasteiger partial charge is 0.493 e. The van der Waals surface area contributed by atoms with Gasteiger partial charge >= 0.3 is 6.61 Å². The van der Waals surface area contributed by atoms with Gasteiger partial charge in [0, 0.05) is 11.6 Å².